The topological polar surface area (TPSA) is 78.6 Å². The number of Topliss-reactive ketones (excluding diaryl/α,β-unsaturated/α-hetero) is 1. The van der Waals surface area contributed by atoms with Crippen LogP contribution >= 0.6 is 11.6 Å². The van der Waals surface area contributed by atoms with Gasteiger partial charge in [-0.3, -0.25) is 4.79 Å². The van der Waals surface area contributed by atoms with E-state index in [-0.39, 0.29) is 23.2 Å². The Kier molecular flexibility index (Phi) is 5.16. The molecule has 0 aromatic heterocycles. The van der Waals surface area contributed by atoms with E-state index in [9.17, 15) is 9.59 Å². The Morgan fingerprint density at radius 1 is 1.07 bits per heavy atom. The van der Waals surface area contributed by atoms with Gasteiger partial charge < -0.3 is 15.2 Å². The maximum absolute atomic E-state index is 13.2. The number of hydrogen-bond acceptors (Lipinski definition) is 5. The van der Waals surface area contributed by atoms with Gasteiger partial charge in [0.1, 0.15) is 11.3 Å². The van der Waals surface area contributed by atoms with Crippen molar-refractivity contribution in [2.75, 3.05) is 7.11 Å². The van der Waals surface area contributed by atoms with Crippen LogP contribution in [0.3, 0.4) is 0 Å². The number of hydrogen-bond donors (Lipinski definition) is 1. The fourth-order valence-corrected chi connectivity index (χ4v) is 4.19. The van der Waals surface area contributed by atoms with Crippen molar-refractivity contribution in [1.29, 1.82) is 0 Å². The van der Waals surface area contributed by atoms with E-state index < -0.39 is 11.9 Å². The summed E-state index contributed by atoms with van der Waals surface area (Å²) in [5.74, 6) is -0.841. The molecule has 2 unspecified atom stereocenters. The van der Waals surface area contributed by atoms with Crippen LogP contribution in [-0.2, 0) is 19.1 Å². The van der Waals surface area contributed by atoms with E-state index >= 15 is 0 Å². The van der Waals surface area contributed by atoms with Gasteiger partial charge in [0.2, 0.25) is 5.88 Å². The van der Waals surface area contributed by atoms with Gasteiger partial charge in [-0.2, -0.15) is 0 Å². The average molecular weight is 410 g/mol. The SMILES string of the molecule is COC(=O)C1=C(N)OC2=C(C(=O)CC(c3ccccc3)C2)C1c1ccc(Cl)cc1. The van der Waals surface area contributed by atoms with Crippen LogP contribution in [0.25, 0.3) is 0 Å². The molecule has 148 valence electrons. The summed E-state index contributed by atoms with van der Waals surface area (Å²) in [4.78, 5) is 25.7. The molecule has 2 atom stereocenters. The molecule has 2 aromatic rings. The molecular weight excluding hydrogens is 390 g/mol. The minimum atomic E-state index is -0.646. The van der Waals surface area contributed by atoms with E-state index in [1.807, 2.05) is 30.3 Å². The van der Waals surface area contributed by atoms with Crippen LogP contribution in [0.2, 0.25) is 5.02 Å². The Labute approximate surface area is 173 Å². The molecule has 1 aliphatic heterocycles. The van der Waals surface area contributed by atoms with Gasteiger partial charge in [-0.05, 0) is 29.2 Å². The molecular formula is C23H20ClNO4. The highest BCUT2D eigenvalue weighted by Gasteiger charge is 2.43. The Morgan fingerprint density at radius 3 is 2.41 bits per heavy atom. The lowest BCUT2D eigenvalue weighted by molar-refractivity contribution is -0.136. The molecule has 0 spiro atoms. The quantitative estimate of drug-likeness (QED) is 0.768. The van der Waals surface area contributed by atoms with E-state index in [0.717, 1.165) is 11.1 Å². The molecule has 0 amide bonds. The van der Waals surface area contributed by atoms with Gasteiger partial charge in [-0.15, -0.1) is 0 Å². The van der Waals surface area contributed by atoms with Gasteiger partial charge in [0.05, 0.1) is 13.0 Å². The number of ether oxygens (including phenoxy) is 2. The zero-order valence-corrected chi connectivity index (χ0v) is 16.6. The molecule has 0 saturated heterocycles. The summed E-state index contributed by atoms with van der Waals surface area (Å²) >= 11 is 6.03. The molecule has 1 heterocycles. The van der Waals surface area contributed by atoms with E-state index in [0.29, 0.717) is 29.2 Å². The number of carbonyl (C=O) groups excluding carboxylic acids is 2. The number of halogens is 1. The number of carbonyl (C=O) groups is 2. The normalized spacial score (nSPS) is 21.5. The number of benzene rings is 2. The number of ketones is 1. The molecule has 5 nitrogen and oxygen atoms in total. The Hall–Kier alpha value is -3.05. The summed E-state index contributed by atoms with van der Waals surface area (Å²) < 4.78 is 10.7. The summed E-state index contributed by atoms with van der Waals surface area (Å²) in [6.45, 7) is 0. The van der Waals surface area contributed by atoms with Crippen molar-refractivity contribution in [1.82, 2.24) is 0 Å². The molecule has 2 N–H and O–H groups in total. The lowest BCUT2D eigenvalue weighted by Crippen LogP contribution is -2.32. The zero-order valence-electron chi connectivity index (χ0n) is 15.9. The van der Waals surface area contributed by atoms with Crippen molar-refractivity contribution < 1.29 is 19.1 Å². The third-order valence-corrected chi connectivity index (χ3v) is 5.67. The van der Waals surface area contributed by atoms with Gasteiger partial charge in [0, 0.05) is 23.4 Å². The van der Waals surface area contributed by atoms with E-state index in [1.165, 1.54) is 7.11 Å². The summed E-state index contributed by atoms with van der Waals surface area (Å²) in [5.41, 5.74) is 8.55. The number of methoxy groups -OCH3 is 1. The predicted octanol–water partition coefficient (Wildman–Crippen LogP) is 4.20. The third kappa shape index (κ3) is 3.54. The fraction of sp³-hybridized carbons (Fsp3) is 0.217. The van der Waals surface area contributed by atoms with Crippen molar-refractivity contribution in [3.05, 3.63) is 93.5 Å². The third-order valence-electron chi connectivity index (χ3n) is 5.42. The Morgan fingerprint density at radius 2 is 1.76 bits per heavy atom. The monoisotopic (exact) mass is 409 g/mol. The van der Waals surface area contributed by atoms with Crippen molar-refractivity contribution in [2.45, 2.75) is 24.7 Å². The standard InChI is InChI=1S/C23H20ClNO4/c1-28-23(27)21-19(14-7-9-16(24)10-8-14)20-17(26)11-15(12-18(20)29-22(21)25)13-5-3-2-4-6-13/h2-10,15,19H,11-12,25H2,1H3. The van der Waals surface area contributed by atoms with Crippen molar-refractivity contribution in [3.8, 4) is 0 Å². The minimum Gasteiger partial charge on any atom is -0.465 e. The highest BCUT2D eigenvalue weighted by molar-refractivity contribution is 6.30. The van der Waals surface area contributed by atoms with Crippen LogP contribution in [0.1, 0.15) is 35.8 Å². The molecule has 0 saturated carbocycles. The number of esters is 1. The molecule has 0 fully saturated rings. The first-order valence-electron chi connectivity index (χ1n) is 9.32. The second kappa shape index (κ2) is 7.76. The molecule has 2 aromatic carbocycles. The van der Waals surface area contributed by atoms with E-state index in [2.05, 4.69) is 0 Å². The lowest BCUT2D eigenvalue weighted by atomic mass is 9.73. The number of rotatable bonds is 3. The molecule has 0 bridgehead atoms. The van der Waals surface area contributed by atoms with Crippen LogP contribution in [0, 0.1) is 0 Å². The lowest BCUT2D eigenvalue weighted by Gasteiger charge is -2.35. The van der Waals surface area contributed by atoms with Crippen LogP contribution < -0.4 is 5.73 Å². The second-order valence-corrected chi connectivity index (χ2v) is 7.57. The first-order chi connectivity index (χ1) is 14.0. The van der Waals surface area contributed by atoms with Crippen molar-refractivity contribution in [2.24, 2.45) is 5.73 Å². The highest BCUT2D eigenvalue weighted by atomic mass is 35.5. The molecule has 29 heavy (non-hydrogen) atoms. The first kappa shape index (κ1) is 19.3. The summed E-state index contributed by atoms with van der Waals surface area (Å²) in [6.07, 6.45) is 0.870. The van der Waals surface area contributed by atoms with Gasteiger partial charge in [-0.1, -0.05) is 54.1 Å². The summed E-state index contributed by atoms with van der Waals surface area (Å²) in [5, 5.41) is 0.561. The molecule has 4 rings (SSSR count). The minimum absolute atomic E-state index is 0.000736. The first-order valence-corrected chi connectivity index (χ1v) is 9.69. The van der Waals surface area contributed by atoms with Crippen LogP contribution in [-0.4, -0.2) is 18.9 Å². The van der Waals surface area contributed by atoms with Crippen LogP contribution in [0.5, 0.6) is 0 Å². The molecule has 0 radical (unpaired) electrons. The Balaban J connectivity index is 1.81. The van der Waals surface area contributed by atoms with Crippen LogP contribution in [0.15, 0.2) is 77.4 Å². The molecule has 1 aliphatic carbocycles. The van der Waals surface area contributed by atoms with Gasteiger partial charge in [-0.25, -0.2) is 4.79 Å². The molecule has 6 heteroatoms. The van der Waals surface area contributed by atoms with E-state index in [1.54, 1.807) is 24.3 Å². The maximum atomic E-state index is 13.2. The highest BCUT2D eigenvalue weighted by Crippen LogP contribution is 2.47. The van der Waals surface area contributed by atoms with Crippen LogP contribution in [0.4, 0.5) is 0 Å². The predicted molar refractivity (Wildman–Crippen MR) is 109 cm³/mol. The largest absolute Gasteiger partial charge is 0.465 e. The van der Waals surface area contributed by atoms with Crippen molar-refractivity contribution >= 4 is 23.4 Å². The number of allylic oxidation sites excluding steroid dienone is 2. The molecule has 2 aliphatic rings. The van der Waals surface area contributed by atoms with Gasteiger partial charge in [0.25, 0.3) is 0 Å². The van der Waals surface area contributed by atoms with Gasteiger partial charge in [0.15, 0.2) is 5.78 Å². The van der Waals surface area contributed by atoms with Crippen molar-refractivity contribution in [3.63, 3.8) is 0 Å². The fourth-order valence-electron chi connectivity index (χ4n) is 4.07. The maximum Gasteiger partial charge on any atom is 0.340 e. The smallest absolute Gasteiger partial charge is 0.340 e. The average Bonchev–Trinajstić information content (AvgIpc) is 2.73. The summed E-state index contributed by atoms with van der Waals surface area (Å²) in [7, 11) is 1.28. The zero-order chi connectivity index (χ0) is 20.5. The second-order valence-electron chi connectivity index (χ2n) is 7.13. The van der Waals surface area contributed by atoms with E-state index in [4.69, 9.17) is 26.8 Å². The number of nitrogens with two attached hydrogens (primary N) is 1. The Bertz CT molecular complexity index is 1020. The summed E-state index contributed by atoms with van der Waals surface area (Å²) in [6, 6.07) is 16.9. The van der Waals surface area contributed by atoms with Gasteiger partial charge >= 0.3 is 5.97 Å².